The van der Waals surface area contributed by atoms with Crippen LogP contribution in [0.25, 0.3) is 0 Å². The summed E-state index contributed by atoms with van der Waals surface area (Å²) in [5, 5.41) is 2.71. The molecule has 0 aliphatic carbocycles. The molecule has 0 amide bonds. The van der Waals surface area contributed by atoms with E-state index < -0.39 is 11.6 Å². The van der Waals surface area contributed by atoms with Crippen LogP contribution in [0.5, 0.6) is 0 Å². The zero-order valence-corrected chi connectivity index (χ0v) is 14.0. The Hall–Kier alpha value is -1.27. The maximum Gasteiger partial charge on any atom is 0.151 e. The Kier molecular flexibility index (Phi) is 4.49. The summed E-state index contributed by atoms with van der Waals surface area (Å²) < 4.78 is 27.4. The van der Waals surface area contributed by atoms with Crippen molar-refractivity contribution in [3.63, 3.8) is 0 Å². The molecule has 1 aromatic carbocycles. The van der Waals surface area contributed by atoms with Crippen molar-refractivity contribution in [3.8, 4) is 0 Å². The standard InChI is InChI=1S/C14H13BrClF2N3/c1-14(2,3)13-19-10(15)6-11(21-13)20-12-8(16)4-7(17)5-9(12)18/h4-6H,1-3H3,(H,19,20,21). The lowest BCUT2D eigenvalue weighted by Crippen LogP contribution is -2.17. The van der Waals surface area contributed by atoms with Crippen LogP contribution in [-0.2, 0) is 5.41 Å². The molecule has 21 heavy (non-hydrogen) atoms. The molecule has 0 spiro atoms. The number of benzene rings is 1. The zero-order chi connectivity index (χ0) is 15.8. The number of hydrogen-bond donors (Lipinski definition) is 1. The van der Waals surface area contributed by atoms with Crippen LogP contribution < -0.4 is 5.32 Å². The first-order valence-electron chi connectivity index (χ1n) is 6.13. The fourth-order valence-electron chi connectivity index (χ4n) is 1.61. The van der Waals surface area contributed by atoms with Crippen LogP contribution in [0.2, 0.25) is 5.02 Å². The van der Waals surface area contributed by atoms with Crippen molar-refractivity contribution in [2.75, 3.05) is 5.32 Å². The quantitative estimate of drug-likeness (QED) is 0.731. The summed E-state index contributed by atoms with van der Waals surface area (Å²) in [5.74, 6) is -0.568. The van der Waals surface area contributed by atoms with E-state index in [9.17, 15) is 8.78 Å². The molecule has 0 saturated heterocycles. The molecule has 1 N–H and O–H groups in total. The average Bonchev–Trinajstić information content (AvgIpc) is 2.32. The van der Waals surface area contributed by atoms with E-state index in [1.165, 1.54) is 0 Å². The molecule has 7 heteroatoms. The van der Waals surface area contributed by atoms with E-state index in [1.807, 2.05) is 20.8 Å². The van der Waals surface area contributed by atoms with Crippen LogP contribution in [0.15, 0.2) is 22.8 Å². The number of hydrogen-bond acceptors (Lipinski definition) is 3. The highest BCUT2D eigenvalue weighted by Crippen LogP contribution is 2.30. The van der Waals surface area contributed by atoms with Crippen molar-refractivity contribution in [3.05, 3.63) is 45.3 Å². The average molecular weight is 377 g/mol. The first-order valence-corrected chi connectivity index (χ1v) is 7.30. The third-order valence-electron chi connectivity index (χ3n) is 2.63. The van der Waals surface area contributed by atoms with Gasteiger partial charge in [0.1, 0.15) is 22.1 Å². The van der Waals surface area contributed by atoms with Gasteiger partial charge < -0.3 is 5.32 Å². The molecule has 0 atom stereocenters. The Morgan fingerprint density at radius 1 is 1.14 bits per heavy atom. The van der Waals surface area contributed by atoms with Crippen LogP contribution in [-0.4, -0.2) is 9.97 Å². The predicted octanol–water partition coefficient (Wildman–Crippen LogP) is 5.21. The van der Waals surface area contributed by atoms with Gasteiger partial charge in [-0.3, -0.25) is 0 Å². The second kappa shape index (κ2) is 5.85. The third-order valence-corrected chi connectivity index (χ3v) is 3.33. The Morgan fingerprint density at radius 2 is 1.81 bits per heavy atom. The van der Waals surface area contributed by atoms with Crippen molar-refractivity contribution in [2.24, 2.45) is 0 Å². The van der Waals surface area contributed by atoms with E-state index in [0.717, 1.165) is 12.1 Å². The number of nitrogens with zero attached hydrogens (tertiary/aromatic N) is 2. The van der Waals surface area contributed by atoms with E-state index in [-0.39, 0.29) is 16.1 Å². The van der Waals surface area contributed by atoms with Crippen LogP contribution in [0, 0.1) is 11.6 Å². The van der Waals surface area contributed by atoms with Crippen LogP contribution in [0.4, 0.5) is 20.3 Å². The molecule has 1 aromatic heterocycles. The highest BCUT2D eigenvalue weighted by molar-refractivity contribution is 9.10. The summed E-state index contributed by atoms with van der Waals surface area (Å²) in [6.45, 7) is 5.89. The minimum Gasteiger partial charge on any atom is -0.336 e. The lowest BCUT2D eigenvalue weighted by molar-refractivity contribution is 0.544. The first-order chi connectivity index (χ1) is 9.66. The molecule has 2 aromatic rings. The number of anilines is 2. The summed E-state index contributed by atoms with van der Waals surface area (Å²) in [6.07, 6.45) is 0. The number of halogens is 4. The lowest BCUT2D eigenvalue weighted by Gasteiger charge is -2.18. The second-order valence-electron chi connectivity index (χ2n) is 5.52. The van der Waals surface area contributed by atoms with Crippen LogP contribution in [0.1, 0.15) is 26.6 Å². The second-order valence-corrected chi connectivity index (χ2v) is 6.74. The van der Waals surface area contributed by atoms with Gasteiger partial charge in [-0.25, -0.2) is 18.7 Å². The largest absolute Gasteiger partial charge is 0.336 e. The molecular weight excluding hydrogens is 364 g/mol. The van der Waals surface area contributed by atoms with Crippen molar-refractivity contribution >= 4 is 39.0 Å². The highest BCUT2D eigenvalue weighted by atomic mass is 79.9. The number of nitrogens with one attached hydrogen (secondary N) is 1. The van der Waals surface area contributed by atoms with Gasteiger partial charge in [0.25, 0.3) is 0 Å². The van der Waals surface area contributed by atoms with Gasteiger partial charge in [0, 0.05) is 17.5 Å². The van der Waals surface area contributed by atoms with Gasteiger partial charge in [-0.2, -0.15) is 0 Å². The topological polar surface area (TPSA) is 37.8 Å². The molecule has 0 aliphatic heterocycles. The highest BCUT2D eigenvalue weighted by Gasteiger charge is 2.19. The fourth-order valence-corrected chi connectivity index (χ4v) is 2.23. The summed E-state index contributed by atoms with van der Waals surface area (Å²) >= 11 is 9.15. The zero-order valence-electron chi connectivity index (χ0n) is 11.6. The SMILES string of the molecule is CC(C)(C)c1nc(Br)cc(Nc2c(F)cc(F)cc2Cl)n1. The maximum atomic E-state index is 13.8. The Morgan fingerprint density at radius 3 is 2.38 bits per heavy atom. The fraction of sp³-hybridized carbons (Fsp3) is 0.286. The van der Waals surface area contributed by atoms with E-state index in [2.05, 4.69) is 31.2 Å². The molecular formula is C14H13BrClF2N3. The summed E-state index contributed by atoms with van der Waals surface area (Å²) in [4.78, 5) is 8.62. The molecule has 0 fully saturated rings. The normalized spacial score (nSPS) is 11.6. The summed E-state index contributed by atoms with van der Waals surface area (Å²) in [6, 6.07) is 3.39. The van der Waals surface area contributed by atoms with Gasteiger partial charge in [0.15, 0.2) is 5.82 Å². The molecule has 3 nitrogen and oxygen atoms in total. The van der Waals surface area contributed by atoms with E-state index in [0.29, 0.717) is 16.2 Å². The Balaban J connectivity index is 2.43. The minimum absolute atomic E-state index is 0.0245. The first kappa shape index (κ1) is 16.1. The van der Waals surface area contributed by atoms with Crippen molar-refractivity contribution in [1.82, 2.24) is 9.97 Å². The molecule has 0 aliphatic rings. The van der Waals surface area contributed by atoms with Crippen molar-refractivity contribution in [2.45, 2.75) is 26.2 Å². The van der Waals surface area contributed by atoms with E-state index in [1.54, 1.807) is 6.07 Å². The molecule has 0 saturated carbocycles. The van der Waals surface area contributed by atoms with Gasteiger partial charge in [-0.1, -0.05) is 32.4 Å². The molecule has 0 bridgehead atoms. The molecule has 2 rings (SSSR count). The number of rotatable bonds is 2. The van der Waals surface area contributed by atoms with Crippen LogP contribution >= 0.6 is 27.5 Å². The monoisotopic (exact) mass is 375 g/mol. The van der Waals surface area contributed by atoms with E-state index in [4.69, 9.17) is 11.6 Å². The van der Waals surface area contributed by atoms with Gasteiger partial charge in [-0.05, 0) is 22.0 Å². The smallest absolute Gasteiger partial charge is 0.151 e. The molecule has 1 heterocycles. The summed E-state index contributed by atoms with van der Waals surface area (Å²) in [7, 11) is 0. The third kappa shape index (κ3) is 3.89. The van der Waals surface area contributed by atoms with Crippen molar-refractivity contribution in [1.29, 1.82) is 0 Å². The summed E-state index contributed by atoms with van der Waals surface area (Å²) in [5.41, 5.74) is -0.297. The molecule has 0 radical (unpaired) electrons. The van der Waals surface area contributed by atoms with Gasteiger partial charge in [0.2, 0.25) is 0 Å². The molecule has 112 valence electrons. The van der Waals surface area contributed by atoms with Crippen LogP contribution in [0.3, 0.4) is 0 Å². The predicted molar refractivity (Wildman–Crippen MR) is 83.1 cm³/mol. The van der Waals surface area contributed by atoms with E-state index >= 15 is 0 Å². The van der Waals surface area contributed by atoms with Gasteiger partial charge in [0.05, 0.1) is 10.7 Å². The molecule has 0 unspecified atom stereocenters. The number of aromatic nitrogens is 2. The lowest BCUT2D eigenvalue weighted by atomic mass is 9.96. The van der Waals surface area contributed by atoms with Crippen molar-refractivity contribution < 1.29 is 8.78 Å². The Bertz CT molecular complexity index is 663. The van der Waals surface area contributed by atoms with Gasteiger partial charge in [-0.15, -0.1) is 0 Å². The minimum atomic E-state index is -0.785. The van der Waals surface area contributed by atoms with Gasteiger partial charge >= 0.3 is 0 Å². The Labute approximate surface area is 134 Å². The maximum absolute atomic E-state index is 13.8.